The Kier molecular flexibility index (Phi) is 4.37. The van der Waals surface area contributed by atoms with Crippen molar-refractivity contribution in [2.75, 3.05) is 7.05 Å². The summed E-state index contributed by atoms with van der Waals surface area (Å²) in [5, 5.41) is 9.03. The summed E-state index contributed by atoms with van der Waals surface area (Å²) in [6.07, 6.45) is 3.49. The Balaban J connectivity index is 2.12. The molecule has 114 valence electrons. The van der Waals surface area contributed by atoms with E-state index in [-0.39, 0.29) is 11.9 Å². The molecule has 2 heterocycles. The zero-order valence-electron chi connectivity index (χ0n) is 13.0. The zero-order chi connectivity index (χ0) is 15.7. The minimum atomic E-state index is -0.389. The van der Waals surface area contributed by atoms with Crippen molar-refractivity contribution < 1.29 is 4.79 Å². The molecule has 0 bridgehead atoms. The standard InChI is InChI=1S/C14H20ClN5O/c1-9-12(8-19(5)17-9)7-18(4)14(21)11(3)20-10(2)13(15)6-16-20/h6,8,11H,7H2,1-5H3/t11-/m0/s1. The van der Waals surface area contributed by atoms with Gasteiger partial charge in [0.15, 0.2) is 0 Å². The fourth-order valence-electron chi connectivity index (χ4n) is 2.35. The molecule has 0 aliphatic carbocycles. The maximum absolute atomic E-state index is 12.5. The van der Waals surface area contributed by atoms with Gasteiger partial charge in [0.1, 0.15) is 6.04 Å². The number of rotatable bonds is 4. The van der Waals surface area contributed by atoms with E-state index in [9.17, 15) is 4.79 Å². The maximum atomic E-state index is 12.5. The van der Waals surface area contributed by atoms with Gasteiger partial charge in [0.25, 0.3) is 0 Å². The van der Waals surface area contributed by atoms with Crippen molar-refractivity contribution in [3.63, 3.8) is 0 Å². The van der Waals surface area contributed by atoms with Crippen molar-refractivity contribution in [3.05, 3.63) is 34.4 Å². The molecule has 1 atom stereocenters. The molecule has 2 rings (SSSR count). The number of carbonyl (C=O) groups excluding carboxylic acids is 1. The number of aryl methyl sites for hydroxylation is 2. The van der Waals surface area contributed by atoms with Crippen LogP contribution in [0.25, 0.3) is 0 Å². The fourth-order valence-corrected chi connectivity index (χ4v) is 2.48. The molecule has 0 unspecified atom stereocenters. The van der Waals surface area contributed by atoms with Crippen LogP contribution in [-0.2, 0) is 18.4 Å². The number of halogens is 1. The Morgan fingerprint density at radius 2 is 2.14 bits per heavy atom. The van der Waals surface area contributed by atoms with Crippen molar-refractivity contribution in [2.24, 2.45) is 7.05 Å². The largest absolute Gasteiger partial charge is 0.339 e. The molecular weight excluding hydrogens is 290 g/mol. The molecule has 0 fully saturated rings. The van der Waals surface area contributed by atoms with Crippen LogP contribution in [-0.4, -0.2) is 37.4 Å². The van der Waals surface area contributed by atoms with Gasteiger partial charge in [-0.3, -0.25) is 14.2 Å². The second kappa shape index (κ2) is 5.89. The highest BCUT2D eigenvalue weighted by Crippen LogP contribution is 2.19. The summed E-state index contributed by atoms with van der Waals surface area (Å²) in [5.41, 5.74) is 2.77. The van der Waals surface area contributed by atoms with Gasteiger partial charge in [-0.25, -0.2) is 0 Å². The SMILES string of the molecule is Cc1nn(C)cc1CN(C)C(=O)[C@H](C)n1ncc(Cl)c1C. The van der Waals surface area contributed by atoms with Crippen LogP contribution < -0.4 is 0 Å². The first kappa shape index (κ1) is 15.6. The van der Waals surface area contributed by atoms with Gasteiger partial charge < -0.3 is 4.90 Å². The molecular formula is C14H20ClN5O. The van der Waals surface area contributed by atoms with Gasteiger partial charge in [0.05, 0.1) is 22.6 Å². The molecule has 0 aromatic carbocycles. The fraction of sp³-hybridized carbons (Fsp3) is 0.500. The normalized spacial score (nSPS) is 12.5. The molecule has 0 spiro atoms. The third-order valence-corrected chi connectivity index (χ3v) is 3.98. The van der Waals surface area contributed by atoms with Gasteiger partial charge in [-0.2, -0.15) is 10.2 Å². The highest BCUT2D eigenvalue weighted by atomic mass is 35.5. The average Bonchev–Trinajstić information content (AvgIpc) is 2.91. The van der Waals surface area contributed by atoms with E-state index in [0.29, 0.717) is 11.6 Å². The summed E-state index contributed by atoms with van der Waals surface area (Å²) in [6, 6.07) is -0.389. The van der Waals surface area contributed by atoms with Crippen molar-refractivity contribution in [1.29, 1.82) is 0 Å². The predicted molar refractivity (Wildman–Crippen MR) is 81.1 cm³/mol. The smallest absolute Gasteiger partial charge is 0.247 e. The quantitative estimate of drug-likeness (QED) is 0.869. The van der Waals surface area contributed by atoms with Crippen LogP contribution in [0.5, 0.6) is 0 Å². The van der Waals surface area contributed by atoms with Crippen molar-refractivity contribution >= 4 is 17.5 Å². The summed E-state index contributed by atoms with van der Waals surface area (Å²) in [6.45, 7) is 6.14. The highest BCUT2D eigenvalue weighted by molar-refractivity contribution is 6.31. The first-order chi connectivity index (χ1) is 9.81. The van der Waals surface area contributed by atoms with Crippen LogP contribution in [0.15, 0.2) is 12.4 Å². The highest BCUT2D eigenvalue weighted by Gasteiger charge is 2.22. The zero-order valence-corrected chi connectivity index (χ0v) is 13.7. The number of hydrogen-bond acceptors (Lipinski definition) is 3. The molecule has 6 nitrogen and oxygen atoms in total. The molecule has 2 aromatic rings. The van der Waals surface area contributed by atoms with E-state index in [4.69, 9.17) is 11.6 Å². The molecule has 1 amide bonds. The topological polar surface area (TPSA) is 56.0 Å². The van der Waals surface area contributed by atoms with E-state index in [1.54, 1.807) is 27.5 Å². The number of likely N-dealkylation sites (N-methyl/N-ethyl adjacent to an activating group) is 1. The lowest BCUT2D eigenvalue weighted by Crippen LogP contribution is -2.33. The maximum Gasteiger partial charge on any atom is 0.247 e. The molecule has 0 aliphatic heterocycles. The molecule has 0 N–H and O–H groups in total. The third-order valence-electron chi connectivity index (χ3n) is 3.61. The monoisotopic (exact) mass is 309 g/mol. The van der Waals surface area contributed by atoms with Crippen molar-refractivity contribution in [3.8, 4) is 0 Å². The van der Waals surface area contributed by atoms with E-state index in [2.05, 4.69) is 10.2 Å². The van der Waals surface area contributed by atoms with Crippen LogP contribution in [0.3, 0.4) is 0 Å². The number of carbonyl (C=O) groups is 1. The summed E-state index contributed by atoms with van der Waals surface area (Å²) in [7, 11) is 3.65. The van der Waals surface area contributed by atoms with E-state index in [1.165, 1.54) is 0 Å². The first-order valence-electron chi connectivity index (χ1n) is 6.75. The average molecular weight is 310 g/mol. The third kappa shape index (κ3) is 3.10. The van der Waals surface area contributed by atoms with Gasteiger partial charge in [-0.05, 0) is 20.8 Å². The number of nitrogens with zero attached hydrogens (tertiary/aromatic N) is 5. The van der Waals surface area contributed by atoms with E-state index >= 15 is 0 Å². The minimum Gasteiger partial charge on any atom is -0.339 e. The van der Waals surface area contributed by atoms with Crippen molar-refractivity contribution in [2.45, 2.75) is 33.4 Å². The van der Waals surface area contributed by atoms with Gasteiger partial charge in [-0.1, -0.05) is 11.6 Å². The predicted octanol–water partition coefficient (Wildman–Crippen LogP) is 2.11. The lowest BCUT2D eigenvalue weighted by atomic mass is 10.2. The van der Waals surface area contributed by atoms with Crippen molar-refractivity contribution in [1.82, 2.24) is 24.5 Å². The Morgan fingerprint density at radius 3 is 2.62 bits per heavy atom. The Bertz CT molecular complexity index is 660. The Morgan fingerprint density at radius 1 is 1.48 bits per heavy atom. The number of hydrogen-bond donors (Lipinski definition) is 0. The summed E-state index contributed by atoms with van der Waals surface area (Å²) in [4.78, 5) is 14.2. The molecule has 0 saturated carbocycles. The van der Waals surface area contributed by atoms with Crippen LogP contribution in [0, 0.1) is 13.8 Å². The summed E-state index contributed by atoms with van der Waals surface area (Å²) in [5.74, 6) is -0.0129. The Hall–Kier alpha value is -1.82. The van der Waals surface area contributed by atoms with Crippen LogP contribution in [0.2, 0.25) is 5.02 Å². The van der Waals surface area contributed by atoms with E-state index in [0.717, 1.165) is 17.0 Å². The van der Waals surface area contributed by atoms with Gasteiger partial charge >= 0.3 is 0 Å². The second-order valence-electron chi connectivity index (χ2n) is 5.31. The summed E-state index contributed by atoms with van der Waals surface area (Å²) < 4.78 is 3.40. The molecule has 0 radical (unpaired) electrons. The molecule has 2 aromatic heterocycles. The number of amides is 1. The summed E-state index contributed by atoms with van der Waals surface area (Å²) >= 11 is 5.99. The lowest BCUT2D eigenvalue weighted by molar-refractivity contribution is -0.133. The molecule has 21 heavy (non-hydrogen) atoms. The second-order valence-corrected chi connectivity index (χ2v) is 5.71. The molecule has 0 aliphatic rings. The van der Waals surface area contributed by atoms with Crippen LogP contribution >= 0.6 is 11.6 Å². The first-order valence-corrected chi connectivity index (χ1v) is 7.12. The molecule has 7 heteroatoms. The van der Waals surface area contributed by atoms with Crippen LogP contribution in [0.1, 0.15) is 29.9 Å². The molecule has 0 saturated heterocycles. The number of aromatic nitrogens is 4. The Labute approximate surface area is 129 Å². The van der Waals surface area contributed by atoms with E-state index in [1.807, 2.05) is 34.0 Å². The van der Waals surface area contributed by atoms with E-state index < -0.39 is 0 Å². The van der Waals surface area contributed by atoms with Gasteiger partial charge in [0.2, 0.25) is 5.91 Å². The van der Waals surface area contributed by atoms with Gasteiger partial charge in [0, 0.05) is 32.4 Å². The minimum absolute atomic E-state index is 0.0129. The van der Waals surface area contributed by atoms with Crippen LogP contribution in [0.4, 0.5) is 0 Å². The van der Waals surface area contributed by atoms with Gasteiger partial charge in [-0.15, -0.1) is 0 Å². The lowest BCUT2D eigenvalue weighted by Gasteiger charge is -2.22.